The minimum absolute atomic E-state index is 0.698. The largest absolute Gasteiger partial charge is 0.386 e. The first kappa shape index (κ1) is 25.2. The topological polar surface area (TPSA) is 33.1 Å². The van der Waals surface area contributed by atoms with Crippen LogP contribution in [0, 0.1) is 12.8 Å². The van der Waals surface area contributed by atoms with E-state index in [4.69, 9.17) is 16.6 Å². The number of halogens is 1. The lowest BCUT2D eigenvalue weighted by Gasteiger charge is -2.21. The minimum Gasteiger partial charge on any atom is -0.386 e. The third-order valence-electron chi connectivity index (χ3n) is 5.66. The molecular weight excluding hydrogens is 438 g/mol. The van der Waals surface area contributed by atoms with Crippen LogP contribution < -0.4 is 0 Å². The second-order valence-corrected chi connectivity index (χ2v) is 9.16. The summed E-state index contributed by atoms with van der Waals surface area (Å²) in [4.78, 5) is 4.69. The fraction of sp³-hybridized carbons (Fsp3) is 0.194. The zero-order chi connectivity index (χ0) is 24.6. The highest BCUT2D eigenvalue weighted by molar-refractivity contribution is 6.31. The molecule has 4 rings (SSSR count). The van der Waals surface area contributed by atoms with Crippen LogP contribution in [0.3, 0.4) is 0 Å². The summed E-state index contributed by atoms with van der Waals surface area (Å²) in [7, 11) is 0. The summed E-state index contributed by atoms with van der Waals surface area (Å²) >= 11 is 6.10. The maximum absolute atomic E-state index is 10.4. The lowest BCUT2D eigenvalue weighted by Crippen LogP contribution is -2.18. The van der Waals surface area contributed by atoms with Gasteiger partial charge in [0.1, 0.15) is 0 Å². The molecular formula is C31H30ClNO. The molecule has 0 spiro atoms. The number of pyridine rings is 1. The molecule has 0 amide bonds. The van der Waals surface area contributed by atoms with E-state index in [0.717, 1.165) is 47.0 Å². The van der Waals surface area contributed by atoms with Crippen LogP contribution in [0.1, 0.15) is 48.2 Å². The Morgan fingerprint density at radius 3 is 2.44 bits per heavy atom. The van der Waals surface area contributed by atoms with Gasteiger partial charge in [-0.05, 0) is 79.6 Å². The van der Waals surface area contributed by atoms with E-state index >= 15 is 0 Å². The molecule has 172 valence electrons. The van der Waals surface area contributed by atoms with E-state index < -0.39 is 5.60 Å². The molecule has 0 atom stereocenters. The Bertz CT molecular complexity index is 1300. The highest BCUT2D eigenvalue weighted by atomic mass is 35.5. The molecule has 3 heteroatoms. The van der Waals surface area contributed by atoms with Gasteiger partial charge in [0.05, 0.1) is 16.8 Å². The first-order chi connectivity index (χ1) is 16.4. The number of terminal acetylenes is 1. The quantitative estimate of drug-likeness (QED) is 0.282. The van der Waals surface area contributed by atoms with Gasteiger partial charge in [-0.15, -0.1) is 12.8 Å². The SMILES string of the molecule is C#C.CC(C)(O)c1ccccc1CCCc1cccc(/C=C/c2ccc3ccc(Cl)cc3n2)c1. The van der Waals surface area contributed by atoms with Gasteiger partial charge in [-0.3, -0.25) is 0 Å². The average Bonchev–Trinajstić information content (AvgIpc) is 2.84. The van der Waals surface area contributed by atoms with Crippen molar-refractivity contribution in [1.82, 2.24) is 4.98 Å². The van der Waals surface area contributed by atoms with Crippen molar-refractivity contribution in [3.8, 4) is 12.8 Å². The fourth-order valence-corrected chi connectivity index (χ4v) is 4.22. The molecule has 2 nitrogen and oxygen atoms in total. The van der Waals surface area contributed by atoms with Crippen molar-refractivity contribution >= 4 is 34.7 Å². The summed E-state index contributed by atoms with van der Waals surface area (Å²) < 4.78 is 0. The maximum Gasteiger partial charge on any atom is 0.0843 e. The molecule has 0 aliphatic carbocycles. The lowest BCUT2D eigenvalue weighted by molar-refractivity contribution is 0.0776. The molecule has 0 unspecified atom stereocenters. The third kappa shape index (κ3) is 6.81. The number of aliphatic hydroxyl groups is 1. The van der Waals surface area contributed by atoms with E-state index in [1.54, 1.807) is 0 Å². The molecule has 0 aliphatic rings. The second-order valence-electron chi connectivity index (χ2n) is 8.72. The number of rotatable bonds is 7. The summed E-state index contributed by atoms with van der Waals surface area (Å²) in [6.07, 6.45) is 15.1. The van der Waals surface area contributed by atoms with Crippen molar-refractivity contribution in [3.63, 3.8) is 0 Å². The van der Waals surface area contributed by atoms with Gasteiger partial charge in [0.25, 0.3) is 0 Å². The number of nitrogens with zero attached hydrogens (tertiary/aromatic N) is 1. The Kier molecular flexibility index (Phi) is 8.66. The zero-order valence-electron chi connectivity index (χ0n) is 19.7. The van der Waals surface area contributed by atoms with Gasteiger partial charge in [0.2, 0.25) is 0 Å². The first-order valence-electron chi connectivity index (χ1n) is 11.4. The predicted octanol–water partition coefficient (Wildman–Crippen LogP) is 7.71. The molecule has 0 bridgehead atoms. The van der Waals surface area contributed by atoms with Crippen LogP contribution in [0.2, 0.25) is 5.02 Å². The summed E-state index contributed by atoms with van der Waals surface area (Å²) in [6.45, 7) is 3.70. The van der Waals surface area contributed by atoms with Gasteiger partial charge >= 0.3 is 0 Å². The number of hydrogen-bond donors (Lipinski definition) is 1. The molecule has 0 radical (unpaired) electrons. The van der Waals surface area contributed by atoms with Crippen molar-refractivity contribution < 1.29 is 5.11 Å². The van der Waals surface area contributed by atoms with Gasteiger partial charge in [0, 0.05) is 10.4 Å². The number of aromatic nitrogens is 1. The monoisotopic (exact) mass is 467 g/mol. The van der Waals surface area contributed by atoms with Crippen LogP contribution in [0.25, 0.3) is 23.1 Å². The normalized spacial score (nSPS) is 11.4. The predicted molar refractivity (Wildman–Crippen MR) is 146 cm³/mol. The van der Waals surface area contributed by atoms with Crippen molar-refractivity contribution in [3.05, 3.63) is 112 Å². The lowest BCUT2D eigenvalue weighted by atomic mass is 9.90. The zero-order valence-corrected chi connectivity index (χ0v) is 20.5. The van der Waals surface area contributed by atoms with Crippen molar-refractivity contribution in [1.29, 1.82) is 0 Å². The van der Waals surface area contributed by atoms with E-state index in [1.165, 1.54) is 11.1 Å². The molecule has 1 heterocycles. The molecule has 4 aromatic rings. The van der Waals surface area contributed by atoms with Crippen molar-refractivity contribution in [2.45, 2.75) is 38.7 Å². The summed E-state index contributed by atoms with van der Waals surface area (Å²) in [5, 5.41) is 12.2. The standard InChI is InChI=1S/C29H28ClNO.C2H2/c1-29(2,32)27-12-4-3-10-23(27)11-6-9-21-7-5-8-22(19-21)13-17-26-18-15-24-14-16-25(30)20-28(24)31-26;1-2/h3-5,7-8,10,12-20,32H,6,9,11H2,1-2H3;1-2H/b17-13+;. The fourth-order valence-electron chi connectivity index (χ4n) is 4.05. The molecule has 1 N–H and O–H groups in total. The van der Waals surface area contributed by atoms with E-state index in [1.807, 2.05) is 62.4 Å². The van der Waals surface area contributed by atoms with Gasteiger partial charge in [-0.1, -0.05) is 78.3 Å². The minimum atomic E-state index is -0.816. The van der Waals surface area contributed by atoms with Crippen molar-refractivity contribution in [2.75, 3.05) is 0 Å². The Labute approximate surface area is 208 Å². The van der Waals surface area contributed by atoms with Gasteiger partial charge in [-0.2, -0.15) is 0 Å². The number of hydrogen-bond acceptors (Lipinski definition) is 2. The average molecular weight is 468 g/mol. The molecule has 0 aliphatic heterocycles. The van der Waals surface area contributed by atoms with Gasteiger partial charge in [0.15, 0.2) is 0 Å². The van der Waals surface area contributed by atoms with Crippen LogP contribution in [-0.2, 0) is 18.4 Å². The maximum atomic E-state index is 10.4. The number of fused-ring (bicyclic) bond motifs is 1. The molecule has 34 heavy (non-hydrogen) atoms. The van der Waals surface area contributed by atoms with Crippen LogP contribution in [0.5, 0.6) is 0 Å². The Morgan fingerprint density at radius 2 is 1.65 bits per heavy atom. The molecule has 0 saturated carbocycles. The van der Waals surface area contributed by atoms with E-state index in [2.05, 4.69) is 55.3 Å². The van der Waals surface area contributed by atoms with Crippen LogP contribution in [0.4, 0.5) is 0 Å². The highest BCUT2D eigenvalue weighted by Gasteiger charge is 2.18. The number of aryl methyl sites for hydroxylation is 2. The summed E-state index contributed by atoms with van der Waals surface area (Å²) in [5.41, 5.74) is 5.70. The van der Waals surface area contributed by atoms with E-state index in [-0.39, 0.29) is 0 Å². The molecule has 0 fully saturated rings. The van der Waals surface area contributed by atoms with Gasteiger partial charge in [-0.25, -0.2) is 4.98 Å². The van der Waals surface area contributed by atoms with Gasteiger partial charge < -0.3 is 5.11 Å². The molecule has 1 aromatic heterocycles. The van der Waals surface area contributed by atoms with E-state index in [0.29, 0.717) is 5.02 Å². The summed E-state index contributed by atoms with van der Waals surface area (Å²) in [6, 6.07) is 26.7. The summed E-state index contributed by atoms with van der Waals surface area (Å²) in [5.74, 6) is 0. The second kappa shape index (κ2) is 11.7. The van der Waals surface area contributed by atoms with E-state index in [9.17, 15) is 5.11 Å². The third-order valence-corrected chi connectivity index (χ3v) is 5.90. The highest BCUT2D eigenvalue weighted by Crippen LogP contribution is 2.25. The van der Waals surface area contributed by atoms with Crippen LogP contribution >= 0.6 is 11.6 Å². The van der Waals surface area contributed by atoms with Crippen molar-refractivity contribution in [2.24, 2.45) is 0 Å². The Morgan fingerprint density at radius 1 is 0.882 bits per heavy atom. The van der Waals surface area contributed by atoms with Crippen LogP contribution in [-0.4, -0.2) is 10.1 Å². The first-order valence-corrected chi connectivity index (χ1v) is 11.7. The molecule has 3 aromatic carbocycles. The van der Waals surface area contributed by atoms with Crippen LogP contribution in [0.15, 0.2) is 78.9 Å². The number of benzene rings is 3. The smallest absolute Gasteiger partial charge is 0.0843 e. The molecule has 0 saturated heterocycles. The Balaban J connectivity index is 0.00000158. The Hall–Kier alpha value is -3.38.